The first-order chi connectivity index (χ1) is 8.68. The molecule has 1 N–H and O–H groups in total. The largest absolute Gasteiger partial charge is 0.508 e. The van der Waals surface area contributed by atoms with E-state index in [1.54, 1.807) is 6.07 Å². The highest BCUT2D eigenvalue weighted by Crippen LogP contribution is 2.35. The van der Waals surface area contributed by atoms with E-state index in [-0.39, 0.29) is 5.92 Å². The summed E-state index contributed by atoms with van der Waals surface area (Å²) in [4.78, 5) is 0. The van der Waals surface area contributed by atoms with Gasteiger partial charge in [0.2, 0.25) is 0 Å². The van der Waals surface area contributed by atoms with Gasteiger partial charge in [0.05, 0.1) is 0 Å². The second-order valence-corrected chi connectivity index (χ2v) is 5.15. The van der Waals surface area contributed by atoms with Crippen LogP contribution < -0.4 is 0 Å². The maximum atomic E-state index is 10.1. The van der Waals surface area contributed by atoms with Gasteiger partial charge < -0.3 is 5.11 Å². The molecule has 0 amide bonds. The van der Waals surface area contributed by atoms with Crippen molar-refractivity contribution >= 4 is 0 Å². The van der Waals surface area contributed by atoms with Crippen LogP contribution in [0.3, 0.4) is 0 Å². The number of rotatable bonds is 4. The van der Waals surface area contributed by atoms with Gasteiger partial charge in [0, 0.05) is 11.5 Å². The maximum absolute atomic E-state index is 10.1. The summed E-state index contributed by atoms with van der Waals surface area (Å²) in [5.41, 5.74) is 2.30. The van der Waals surface area contributed by atoms with Gasteiger partial charge in [-0.15, -0.1) is 0 Å². The van der Waals surface area contributed by atoms with E-state index in [1.807, 2.05) is 24.3 Å². The van der Waals surface area contributed by atoms with Crippen LogP contribution in [0.1, 0.15) is 37.3 Å². The van der Waals surface area contributed by atoms with E-state index in [0.29, 0.717) is 11.7 Å². The van der Waals surface area contributed by atoms with Crippen LogP contribution in [0.15, 0.2) is 54.6 Å². The summed E-state index contributed by atoms with van der Waals surface area (Å²) in [6.07, 6.45) is 1.04. The molecule has 0 heterocycles. The first-order valence-electron chi connectivity index (χ1n) is 6.51. The molecular weight excluding hydrogens is 220 g/mol. The van der Waals surface area contributed by atoms with Crippen LogP contribution in [0.5, 0.6) is 5.75 Å². The first kappa shape index (κ1) is 12.7. The molecule has 2 rings (SSSR count). The highest BCUT2D eigenvalue weighted by Gasteiger charge is 2.18. The minimum atomic E-state index is 0.271. The molecule has 94 valence electrons. The highest BCUT2D eigenvalue weighted by molar-refractivity contribution is 5.41. The molecule has 0 aliphatic carbocycles. The summed E-state index contributed by atoms with van der Waals surface area (Å²) in [5, 5.41) is 10.1. The standard InChI is InChI=1S/C17H20O/c1-13(2)12-16(14-8-4-3-5-9-14)15-10-6-7-11-17(15)18/h3-11,13,16,18H,12H2,1-2H3/t16-/m1/s1. The van der Waals surface area contributed by atoms with Crippen LogP contribution in [0.4, 0.5) is 0 Å². The Labute approximate surface area is 109 Å². The Kier molecular flexibility index (Phi) is 4.03. The zero-order valence-corrected chi connectivity index (χ0v) is 11.0. The average molecular weight is 240 g/mol. The number of hydrogen-bond donors (Lipinski definition) is 1. The lowest BCUT2D eigenvalue weighted by molar-refractivity contribution is 0.455. The minimum absolute atomic E-state index is 0.271. The monoisotopic (exact) mass is 240 g/mol. The average Bonchev–Trinajstić information content (AvgIpc) is 2.38. The van der Waals surface area contributed by atoms with E-state index < -0.39 is 0 Å². The van der Waals surface area contributed by atoms with Crippen LogP contribution in [-0.4, -0.2) is 5.11 Å². The molecule has 0 aromatic heterocycles. The van der Waals surface area contributed by atoms with Crippen molar-refractivity contribution in [2.75, 3.05) is 0 Å². The third kappa shape index (κ3) is 2.92. The second kappa shape index (κ2) is 5.72. The van der Waals surface area contributed by atoms with Crippen molar-refractivity contribution in [3.63, 3.8) is 0 Å². The number of para-hydroxylation sites is 1. The van der Waals surface area contributed by atoms with Crippen LogP contribution in [-0.2, 0) is 0 Å². The predicted octanol–water partition coefficient (Wildman–Crippen LogP) is 4.57. The molecule has 0 saturated carbocycles. The molecule has 0 unspecified atom stereocenters. The fourth-order valence-electron chi connectivity index (χ4n) is 2.38. The smallest absolute Gasteiger partial charge is 0.119 e. The zero-order valence-electron chi connectivity index (χ0n) is 11.0. The number of phenols is 1. The van der Waals surface area contributed by atoms with Crippen molar-refractivity contribution in [1.29, 1.82) is 0 Å². The van der Waals surface area contributed by atoms with Gasteiger partial charge in [-0.3, -0.25) is 0 Å². The lowest BCUT2D eigenvalue weighted by Crippen LogP contribution is -2.05. The SMILES string of the molecule is CC(C)C[C@H](c1ccccc1)c1ccccc1O. The van der Waals surface area contributed by atoms with Gasteiger partial charge in [-0.2, -0.15) is 0 Å². The Balaban J connectivity index is 2.41. The fraction of sp³-hybridized carbons (Fsp3) is 0.294. The normalized spacial score (nSPS) is 12.6. The van der Waals surface area contributed by atoms with E-state index >= 15 is 0 Å². The van der Waals surface area contributed by atoms with Crippen LogP contribution in [0.25, 0.3) is 0 Å². The Morgan fingerprint density at radius 3 is 2.11 bits per heavy atom. The highest BCUT2D eigenvalue weighted by atomic mass is 16.3. The van der Waals surface area contributed by atoms with Crippen LogP contribution >= 0.6 is 0 Å². The Morgan fingerprint density at radius 2 is 1.50 bits per heavy atom. The number of aromatic hydroxyl groups is 1. The van der Waals surface area contributed by atoms with Crippen molar-refractivity contribution in [3.8, 4) is 5.75 Å². The molecule has 18 heavy (non-hydrogen) atoms. The quantitative estimate of drug-likeness (QED) is 0.830. The van der Waals surface area contributed by atoms with Gasteiger partial charge in [-0.25, -0.2) is 0 Å². The van der Waals surface area contributed by atoms with E-state index in [4.69, 9.17) is 0 Å². The lowest BCUT2D eigenvalue weighted by Gasteiger charge is -2.21. The van der Waals surface area contributed by atoms with Gasteiger partial charge >= 0.3 is 0 Å². The zero-order chi connectivity index (χ0) is 13.0. The van der Waals surface area contributed by atoms with E-state index in [1.165, 1.54) is 5.56 Å². The third-order valence-corrected chi connectivity index (χ3v) is 3.22. The summed E-state index contributed by atoms with van der Waals surface area (Å²) in [5.74, 6) is 1.26. The van der Waals surface area contributed by atoms with Crippen molar-refractivity contribution < 1.29 is 5.11 Å². The van der Waals surface area contributed by atoms with Crippen LogP contribution in [0, 0.1) is 5.92 Å². The molecule has 0 saturated heterocycles. The van der Waals surface area contributed by atoms with Crippen molar-refractivity contribution in [2.45, 2.75) is 26.2 Å². The van der Waals surface area contributed by atoms with Gasteiger partial charge in [0.1, 0.15) is 5.75 Å². The van der Waals surface area contributed by atoms with Gasteiger partial charge in [-0.1, -0.05) is 62.4 Å². The van der Waals surface area contributed by atoms with E-state index in [9.17, 15) is 5.11 Å². The molecule has 1 nitrogen and oxygen atoms in total. The molecule has 0 aliphatic rings. The van der Waals surface area contributed by atoms with Crippen molar-refractivity contribution in [2.24, 2.45) is 5.92 Å². The molecule has 2 aromatic carbocycles. The Bertz CT molecular complexity index is 488. The molecule has 0 bridgehead atoms. The molecule has 1 atom stereocenters. The summed E-state index contributed by atoms with van der Waals surface area (Å²) in [6, 6.07) is 18.1. The first-order valence-corrected chi connectivity index (χ1v) is 6.51. The van der Waals surface area contributed by atoms with Gasteiger partial charge in [-0.05, 0) is 24.0 Å². The van der Waals surface area contributed by atoms with Crippen molar-refractivity contribution in [3.05, 3.63) is 65.7 Å². The second-order valence-electron chi connectivity index (χ2n) is 5.15. The number of phenolic OH excluding ortho intramolecular Hbond substituents is 1. The van der Waals surface area contributed by atoms with Gasteiger partial charge in [0.15, 0.2) is 0 Å². The summed E-state index contributed by atoms with van der Waals surface area (Å²) in [7, 11) is 0. The maximum Gasteiger partial charge on any atom is 0.119 e. The number of benzene rings is 2. The Hall–Kier alpha value is -1.76. The molecule has 0 fully saturated rings. The molecule has 1 heteroatoms. The van der Waals surface area contributed by atoms with Gasteiger partial charge in [0.25, 0.3) is 0 Å². The predicted molar refractivity (Wildman–Crippen MR) is 75.8 cm³/mol. The summed E-state index contributed by atoms with van der Waals surface area (Å²) in [6.45, 7) is 4.44. The Morgan fingerprint density at radius 1 is 0.889 bits per heavy atom. The lowest BCUT2D eigenvalue weighted by atomic mass is 9.84. The van der Waals surface area contributed by atoms with Crippen molar-refractivity contribution in [1.82, 2.24) is 0 Å². The summed E-state index contributed by atoms with van der Waals surface area (Å²) >= 11 is 0. The molecular formula is C17H20O. The summed E-state index contributed by atoms with van der Waals surface area (Å²) < 4.78 is 0. The topological polar surface area (TPSA) is 20.2 Å². The van der Waals surface area contributed by atoms with Crippen LogP contribution in [0.2, 0.25) is 0 Å². The fourth-order valence-corrected chi connectivity index (χ4v) is 2.38. The molecule has 0 aliphatic heterocycles. The number of hydrogen-bond acceptors (Lipinski definition) is 1. The minimum Gasteiger partial charge on any atom is -0.508 e. The van der Waals surface area contributed by atoms with E-state index in [2.05, 4.69) is 38.1 Å². The molecule has 0 spiro atoms. The molecule has 0 radical (unpaired) electrons. The molecule has 2 aromatic rings. The third-order valence-electron chi connectivity index (χ3n) is 3.22. The van der Waals surface area contributed by atoms with E-state index in [0.717, 1.165) is 12.0 Å².